The molecule has 1 aromatic rings. The van der Waals surface area contributed by atoms with E-state index in [1.165, 1.54) is 4.31 Å². The zero-order valence-corrected chi connectivity index (χ0v) is 16.7. The highest BCUT2D eigenvalue weighted by molar-refractivity contribution is 7.90. The molecule has 2 bridgehead atoms. The van der Waals surface area contributed by atoms with Crippen LogP contribution in [0, 0.1) is 22.7 Å². The van der Waals surface area contributed by atoms with E-state index in [9.17, 15) is 13.2 Å². The van der Waals surface area contributed by atoms with Crippen molar-refractivity contribution in [1.29, 1.82) is 0 Å². The van der Waals surface area contributed by atoms with Gasteiger partial charge in [-0.2, -0.15) is 0 Å². The van der Waals surface area contributed by atoms with Gasteiger partial charge >= 0.3 is 0 Å². The summed E-state index contributed by atoms with van der Waals surface area (Å²) in [6.45, 7) is 4.42. The summed E-state index contributed by atoms with van der Waals surface area (Å²) in [7, 11) is -3.52. The van der Waals surface area contributed by atoms with Crippen LogP contribution >= 0.6 is 11.6 Å². The number of fused-ring (bicyclic) bond motifs is 1. The largest absolute Gasteiger partial charge is 0.273 e. The first kappa shape index (κ1) is 17.1. The molecule has 1 spiro atoms. The minimum Gasteiger partial charge on any atom is -0.273 e. The van der Waals surface area contributed by atoms with E-state index in [0.29, 0.717) is 10.9 Å². The van der Waals surface area contributed by atoms with Gasteiger partial charge in [0, 0.05) is 16.4 Å². The van der Waals surface area contributed by atoms with E-state index in [1.807, 2.05) is 24.3 Å². The minimum absolute atomic E-state index is 0.00109. The zero-order chi connectivity index (χ0) is 18.5. The van der Waals surface area contributed by atoms with Gasteiger partial charge in [-0.15, -0.1) is 0 Å². The second-order valence-electron chi connectivity index (χ2n) is 9.26. The van der Waals surface area contributed by atoms with Crippen molar-refractivity contribution < 1.29 is 13.2 Å². The van der Waals surface area contributed by atoms with E-state index in [4.69, 9.17) is 11.6 Å². The predicted octanol–water partition coefficient (Wildman–Crippen LogP) is 3.81. The van der Waals surface area contributed by atoms with Crippen LogP contribution in [0.1, 0.15) is 51.0 Å². The standard InChI is InChI=1S/C20H24ClNO3S/c1-19(2)13-7-8-20(19)11-26(24,25)22(17(20)9-13)18(23)16-10-15(16)12-3-5-14(21)6-4-12/h3-6,13,15-17H,7-11H2,1-2H3/t13?,15?,16-,17?,20?/m1/s1. The first-order valence-electron chi connectivity index (χ1n) is 9.49. The van der Waals surface area contributed by atoms with Crippen LogP contribution in [0.15, 0.2) is 24.3 Å². The van der Waals surface area contributed by atoms with Crippen molar-refractivity contribution in [3.8, 4) is 0 Å². The number of halogens is 1. The van der Waals surface area contributed by atoms with Gasteiger partial charge in [0.2, 0.25) is 15.9 Å². The summed E-state index contributed by atoms with van der Waals surface area (Å²) in [6.07, 6.45) is 3.61. The van der Waals surface area contributed by atoms with Crippen molar-refractivity contribution in [2.75, 3.05) is 5.75 Å². The Bertz CT molecular complexity index is 894. The predicted molar refractivity (Wildman–Crippen MR) is 100 cm³/mol. The molecule has 0 aromatic heterocycles. The third-order valence-electron chi connectivity index (χ3n) is 8.03. The Morgan fingerprint density at radius 3 is 2.54 bits per heavy atom. The maximum Gasteiger partial charge on any atom is 0.240 e. The van der Waals surface area contributed by atoms with Crippen LogP contribution in [0.25, 0.3) is 0 Å². The number of carbonyl (C=O) groups is 1. The van der Waals surface area contributed by atoms with Gasteiger partial charge in [0.25, 0.3) is 0 Å². The first-order valence-corrected chi connectivity index (χ1v) is 11.5. The zero-order valence-electron chi connectivity index (χ0n) is 15.1. The molecule has 4 aliphatic rings. The topological polar surface area (TPSA) is 54.5 Å². The van der Waals surface area contributed by atoms with Crippen LogP contribution in [0.2, 0.25) is 5.02 Å². The number of hydrogen-bond donors (Lipinski definition) is 0. The van der Waals surface area contributed by atoms with E-state index < -0.39 is 10.0 Å². The lowest BCUT2D eigenvalue weighted by Gasteiger charge is -2.37. The molecule has 6 heteroatoms. The van der Waals surface area contributed by atoms with Gasteiger partial charge in [-0.3, -0.25) is 4.79 Å². The van der Waals surface area contributed by atoms with Gasteiger partial charge in [0.15, 0.2) is 0 Å². The summed E-state index contributed by atoms with van der Waals surface area (Å²) in [5.74, 6) is 0.430. The highest BCUT2D eigenvalue weighted by Gasteiger charge is 2.73. The molecule has 1 saturated heterocycles. The number of rotatable bonds is 2. The lowest BCUT2D eigenvalue weighted by Crippen LogP contribution is -2.44. The van der Waals surface area contributed by atoms with Crippen molar-refractivity contribution in [1.82, 2.24) is 4.31 Å². The minimum atomic E-state index is -3.52. The third kappa shape index (κ3) is 2.02. The van der Waals surface area contributed by atoms with Crippen molar-refractivity contribution in [2.45, 2.75) is 51.5 Å². The molecule has 3 aliphatic carbocycles. The summed E-state index contributed by atoms with van der Waals surface area (Å²) in [5, 5.41) is 0.672. The van der Waals surface area contributed by atoms with Crippen LogP contribution in [-0.4, -0.2) is 30.4 Å². The summed E-state index contributed by atoms with van der Waals surface area (Å²) in [6, 6.07) is 7.43. The molecule has 4 fully saturated rings. The molecule has 5 rings (SSSR count). The molecule has 140 valence electrons. The molecule has 0 radical (unpaired) electrons. The van der Waals surface area contributed by atoms with Crippen LogP contribution in [0.5, 0.6) is 0 Å². The fraction of sp³-hybridized carbons (Fsp3) is 0.650. The second kappa shape index (κ2) is 5.05. The maximum atomic E-state index is 13.2. The van der Waals surface area contributed by atoms with Crippen LogP contribution in [-0.2, 0) is 14.8 Å². The molecule has 1 aromatic carbocycles. The Morgan fingerprint density at radius 2 is 1.88 bits per heavy atom. The molecule has 26 heavy (non-hydrogen) atoms. The molecule has 4 nitrogen and oxygen atoms in total. The highest BCUT2D eigenvalue weighted by Crippen LogP contribution is 2.70. The smallest absolute Gasteiger partial charge is 0.240 e. The van der Waals surface area contributed by atoms with Gasteiger partial charge in [-0.25, -0.2) is 12.7 Å². The third-order valence-corrected chi connectivity index (χ3v) is 10.2. The lowest BCUT2D eigenvalue weighted by atomic mass is 9.69. The van der Waals surface area contributed by atoms with E-state index in [0.717, 1.165) is 31.2 Å². The second-order valence-corrected chi connectivity index (χ2v) is 11.5. The molecule has 3 saturated carbocycles. The van der Waals surface area contributed by atoms with Crippen molar-refractivity contribution in [3.05, 3.63) is 34.9 Å². The van der Waals surface area contributed by atoms with E-state index >= 15 is 0 Å². The van der Waals surface area contributed by atoms with Crippen molar-refractivity contribution in [2.24, 2.45) is 22.7 Å². The van der Waals surface area contributed by atoms with Crippen molar-refractivity contribution in [3.63, 3.8) is 0 Å². The molecule has 0 N–H and O–H groups in total. The average molecular weight is 394 g/mol. The van der Waals surface area contributed by atoms with Crippen molar-refractivity contribution >= 4 is 27.5 Å². The number of amides is 1. The molecule has 4 unspecified atom stereocenters. The number of nitrogens with zero attached hydrogens (tertiary/aromatic N) is 1. The molecule has 1 aliphatic heterocycles. The Kier molecular flexibility index (Phi) is 3.31. The van der Waals surface area contributed by atoms with Crippen LogP contribution in [0.3, 0.4) is 0 Å². The Labute approximate surface area is 160 Å². The molecular weight excluding hydrogens is 370 g/mol. The fourth-order valence-electron chi connectivity index (χ4n) is 6.29. The number of benzene rings is 1. The van der Waals surface area contributed by atoms with E-state index in [2.05, 4.69) is 13.8 Å². The van der Waals surface area contributed by atoms with E-state index in [-0.39, 0.29) is 40.4 Å². The van der Waals surface area contributed by atoms with Crippen LogP contribution in [0.4, 0.5) is 0 Å². The average Bonchev–Trinajstić information content (AvgIpc) is 3.22. The molecule has 1 heterocycles. The van der Waals surface area contributed by atoms with Gasteiger partial charge in [0.05, 0.1) is 11.8 Å². The van der Waals surface area contributed by atoms with Crippen LogP contribution < -0.4 is 0 Å². The quantitative estimate of drug-likeness (QED) is 0.767. The maximum absolute atomic E-state index is 13.2. The molecule has 1 amide bonds. The normalized spacial score (nSPS) is 41.3. The fourth-order valence-corrected chi connectivity index (χ4v) is 9.00. The summed E-state index contributed by atoms with van der Waals surface area (Å²) in [4.78, 5) is 13.2. The SMILES string of the molecule is CC1(C)C2CCC13CS(=O)(=O)N(C(=O)[C@@H]1CC1c1ccc(Cl)cc1)C3C2. The monoisotopic (exact) mass is 393 g/mol. The Morgan fingerprint density at radius 1 is 1.19 bits per heavy atom. The highest BCUT2D eigenvalue weighted by atomic mass is 35.5. The van der Waals surface area contributed by atoms with E-state index in [1.54, 1.807) is 0 Å². The van der Waals surface area contributed by atoms with Gasteiger partial charge in [-0.05, 0) is 60.6 Å². The Hall–Kier alpha value is -1.07. The molecular formula is C20H24ClNO3S. The van der Waals surface area contributed by atoms with Gasteiger partial charge in [0.1, 0.15) is 0 Å². The van der Waals surface area contributed by atoms with Gasteiger partial charge < -0.3 is 0 Å². The summed E-state index contributed by atoms with van der Waals surface area (Å²) >= 11 is 5.95. The number of sulfonamides is 1. The molecule has 5 atom stereocenters. The summed E-state index contributed by atoms with van der Waals surface area (Å²) in [5.41, 5.74) is 0.836. The lowest BCUT2D eigenvalue weighted by molar-refractivity contribution is -0.130. The number of carbonyl (C=O) groups excluding carboxylic acids is 1. The van der Waals surface area contributed by atoms with Gasteiger partial charge in [-0.1, -0.05) is 37.6 Å². The Balaban J connectivity index is 1.44. The number of hydrogen-bond acceptors (Lipinski definition) is 3. The summed E-state index contributed by atoms with van der Waals surface area (Å²) < 4.78 is 27.3. The first-order chi connectivity index (χ1) is 12.2.